The van der Waals surface area contributed by atoms with Gasteiger partial charge < -0.3 is 9.47 Å². The molecule has 4 nitrogen and oxygen atoms in total. The third kappa shape index (κ3) is 3.51. The summed E-state index contributed by atoms with van der Waals surface area (Å²) in [6.07, 6.45) is 0. The number of hydrogen-bond acceptors (Lipinski definition) is 4. The van der Waals surface area contributed by atoms with Gasteiger partial charge in [-0.15, -0.1) is 0 Å². The zero-order valence-electron chi connectivity index (χ0n) is 14.4. The van der Waals surface area contributed by atoms with Crippen molar-refractivity contribution in [3.8, 4) is 22.0 Å². The second-order valence-electron chi connectivity index (χ2n) is 5.49. The van der Waals surface area contributed by atoms with Crippen LogP contribution in [-0.4, -0.2) is 26.2 Å². The van der Waals surface area contributed by atoms with Crippen LogP contribution in [0.1, 0.15) is 20.4 Å². The predicted molar refractivity (Wildman–Crippen MR) is 103 cm³/mol. The van der Waals surface area contributed by atoms with Crippen LogP contribution in [0.5, 0.6) is 0 Å². The van der Waals surface area contributed by atoms with E-state index in [1.807, 2.05) is 66.7 Å². The lowest BCUT2D eigenvalue weighted by Gasteiger charge is -2.14. The van der Waals surface area contributed by atoms with Crippen LogP contribution in [0.2, 0.25) is 0 Å². The van der Waals surface area contributed by atoms with E-state index in [4.69, 9.17) is 9.47 Å². The van der Waals surface area contributed by atoms with E-state index >= 15 is 0 Å². The molecule has 0 radical (unpaired) electrons. The van der Waals surface area contributed by atoms with E-state index in [1.165, 1.54) is 14.2 Å². The first kappa shape index (κ1) is 17.8. The standard InChI is InChI=1S/C21H17O4P/c1-24-20(22)18-16(14-9-5-3-6-10-14)13-17(15-11-7-4-8-12-15)26-19(18)21(23)25-2/h3-13H,1-2H3. The molecule has 130 valence electrons. The molecule has 0 saturated heterocycles. The molecule has 0 aliphatic carbocycles. The Morgan fingerprint density at radius 3 is 1.85 bits per heavy atom. The summed E-state index contributed by atoms with van der Waals surface area (Å²) in [6, 6.07) is 21.1. The van der Waals surface area contributed by atoms with Crippen molar-refractivity contribution in [1.29, 1.82) is 0 Å². The van der Waals surface area contributed by atoms with E-state index in [0.29, 0.717) is 13.8 Å². The average Bonchev–Trinajstić information content (AvgIpc) is 2.72. The summed E-state index contributed by atoms with van der Waals surface area (Å²) in [5, 5.41) is 1.19. The molecule has 0 N–H and O–H groups in total. The number of hydrogen-bond donors (Lipinski definition) is 0. The molecule has 0 aliphatic rings. The summed E-state index contributed by atoms with van der Waals surface area (Å²) in [5.74, 6) is -1.10. The van der Waals surface area contributed by atoms with E-state index in [9.17, 15) is 9.59 Å². The molecular formula is C21H17O4P. The van der Waals surface area contributed by atoms with Crippen molar-refractivity contribution in [1.82, 2.24) is 0 Å². The molecule has 5 heteroatoms. The molecule has 0 aliphatic heterocycles. The number of benzene rings is 2. The Labute approximate surface area is 153 Å². The molecule has 0 saturated carbocycles. The van der Waals surface area contributed by atoms with Gasteiger partial charge in [-0.3, -0.25) is 0 Å². The highest BCUT2D eigenvalue weighted by Crippen LogP contribution is 2.40. The topological polar surface area (TPSA) is 52.6 Å². The SMILES string of the molecule is COC(=O)c1pc(-c2ccccc2)cc(-c2ccccc2)c1C(=O)OC. The lowest BCUT2D eigenvalue weighted by molar-refractivity contribution is 0.0560. The van der Waals surface area contributed by atoms with Crippen molar-refractivity contribution < 1.29 is 19.1 Å². The Bertz CT molecular complexity index is 937. The zero-order chi connectivity index (χ0) is 18.5. The first-order chi connectivity index (χ1) is 12.7. The summed E-state index contributed by atoms with van der Waals surface area (Å²) in [4.78, 5) is 24.9. The van der Waals surface area contributed by atoms with Crippen LogP contribution in [0.3, 0.4) is 0 Å². The molecule has 3 rings (SSSR count). The van der Waals surface area contributed by atoms with Gasteiger partial charge in [-0.1, -0.05) is 68.9 Å². The van der Waals surface area contributed by atoms with Crippen LogP contribution in [-0.2, 0) is 9.47 Å². The highest BCUT2D eigenvalue weighted by Gasteiger charge is 2.25. The fourth-order valence-electron chi connectivity index (χ4n) is 2.70. The van der Waals surface area contributed by atoms with E-state index < -0.39 is 11.9 Å². The van der Waals surface area contributed by atoms with E-state index in [2.05, 4.69) is 0 Å². The minimum Gasteiger partial charge on any atom is -0.465 e. The molecule has 1 heterocycles. The van der Waals surface area contributed by atoms with Gasteiger partial charge in [0.25, 0.3) is 0 Å². The third-order valence-corrected chi connectivity index (χ3v) is 5.20. The lowest BCUT2D eigenvalue weighted by Crippen LogP contribution is -2.12. The molecule has 0 fully saturated rings. The number of rotatable bonds is 4. The number of ether oxygens (including phenoxy) is 2. The summed E-state index contributed by atoms with van der Waals surface area (Å²) in [6.45, 7) is 0. The average molecular weight is 364 g/mol. The van der Waals surface area contributed by atoms with Gasteiger partial charge in [0, 0.05) is 5.30 Å². The largest absolute Gasteiger partial charge is 0.465 e. The number of carbonyl (C=O) groups excluding carboxylic acids is 2. The molecular weight excluding hydrogens is 347 g/mol. The summed E-state index contributed by atoms with van der Waals surface area (Å²) < 4.78 is 9.88. The van der Waals surface area contributed by atoms with Crippen molar-refractivity contribution in [2.75, 3.05) is 14.2 Å². The van der Waals surface area contributed by atoms with Gasteiger partial charge in [0.05, 0.1) is 19.8 Å². The molecule has 2 aromatic carbocycles. The Kier molecular flexibility index (Phi) is 5.45. The maximum absolute atomic E-state index is 12.5. The van der Waals surface area contributed by atoms with Crippen molar-refractivity contribution >= 4 is 20.1 Å². The maximum atomic E-state index is 12.5. The van der Waals surface area contributed by atoms with Gasteiger partial charge in [-0.05, 0) is 22.8 Å². The molecule has 0 bridgehead atoms. The fraction of sp³-hybridized carbons (Fsp3) is 0.0952. The molecule has 0 spiro atoms. The van der Waals surface area contributed by atoms with Gasteiger partial charge in [0.2, 0.25) is 0 Å². The first-order valence-corrected chi connectivity index (χ1v) is 8.87. The van der Waals surface area contributed by atoms with Gasteiger partial charge >= 0.3 is 11.9 Å². The van der Waals surface area contributed by atoms with Crippen molar-refractivity contribution in [3.63, 3.8) is 0 Å². The van der Waals surface area contributed by atoms with Gasteiger partial charge in [-0.25, -0.2) is 9.59 Å². The molecule has 3 aromatic rings. The van der Waals surface area contributed by atoms with Gasteiger partial charge in [0.1, 0.15) is 5.30 Å². The molecule has 0 unspecified atom stereocenters. The van der Waals surface area contributed by atoms with E-state index in [0.717, 1.165) is 16.4 Å². The Hall–Kier alpha value is -2.97. The second-order valence-corrected chi connectivity index (χ2v) is 6.65. The van der Waals surface area contributed by atoms with Crippen LogP contribution >= 0.6 is 8.19 Å². The Balaban J connectivity index is 2.35. The first-order valence-electron chi connectivity index (χ1n) is 7.98. The van der Waals surface area contributed by atoms with Crippen LogP contribution in [0, 0.1) is 0 Å². The highest BCUT2D eigenvalue weighted by atomic mass is 31.0. The monoisotopic (exact) mass is 364 g/mol. The van der Waals surface area contributed by atoms with Crippen molar-refractivity contribution in [2.24, 2.45) is 0 Å². The minimum atomic E-state index is -0.555. The van der Waals surface area contributed by atoms with Crippen molar-refractivity contribution in [3.05, 3.63) is 77.6 Å². The van der Waals surface area contributed by atoms with Crippen LogP contribution in [0.15, 0.2) is 66.7 Å². The highest BCUT2D eigenvalue weighted by molar-refractivity contribution is 7.36. The lowest BCUT2D eigenvalue weighted by atomic mass is 9.99. The summed E-state index contributed by atoms with van der Waals surface area (Å²) in [5.41, 5.74) is 2.70. The summed E-state index contributed by atoms with van der Waals surface area (Å²) in [7, 11) is 3.22. The third-order valence-electron chi connectivity index (χ3n) is 3.94. The quantitative estimate of drug-likeness (QED) is 0.599. The van der Waals surface area contributed by atoms with Gasteiger partial charge in [0.15, 0.2) is 0 Å². The predicted octanol–water partition coefficient (Wildman–Crippen LogP) is 5.17. The second kappa shape index (κ2) is 7.94. The Morgan fingerprint density at radius 2 is 1.31 bits per heavy atom. The van der Waals surface area contributed by atoms with Crippen molar-refractivity contribution in [2.45, 2.75) is 0 Å². The maximum Gasteiger partial charge on any atom is 0.343 e. The molecule has 1 aromatic heterocycles. The van der Waals surface area contributed by atoms with Gasteiger partial charge in [-0.2, -0.15) is 0 Å². The summed E-state index contributed by atoms with van der Waals surface area (Å²) >= 11 is 0. The Morgan fingerprint density at radius 1 is 0.769 bits per heavy atom. The number of methoxy groups -OCH3 is 2. The zero-order valence-corrected chi connectivity index (χ0v) is 15.3. The van der Waals surface area contributed by atoms with Crippen LogP contribution in [0.4, 0.5) is 0 Å². The minimum absolute atomic E-state index is 0.242. The van der Waals surface area contributed by atoms with Crippen LogP contribution < -0.4 is 0 Å². The molecule has 26 heavy (non-hydrogen) atoms. The van der Waals surface area contributed by atoms with E-state index in [-0.39, 0.29) is 10.9 Å². The number of esters is 2. The van der Waals surface area contributed by atoms with Crippen LogP contribution in [0.25, 0.3) is 22.0 Å². The van der Waals surface area contributed by atoms with E-state index in [1.54, 1.807) is 0 Å². The normalized spacial score (nSPS) is 10.5. The number of carbonyl (C=O) groups is 2. The molecule has 0 amide bonds. The fourth-order valence-corrected chi connectivity index (χ4v) is 3.92. The molecule has 0 atom stereocenters. The smallest absolute Gasteiger partial charge is 0.343 e.